The molecule has 6 nitrogen and oxygen atoms in total. The summed E-state index contributed by atoms with van der Waals surface area (Å²) < 4.78 is 32.6. The molecular formula is C20H23IN2O4S. The summed E-state index contributed by atoms with van der Waals surface area (Å²) in [5, 5.41) is 2.99. The molecule has 0 radical (unpaired) electrons. The van der Waals surface area contributed by atoms with Crippen LogP contribution >= 0.6 is 22.6 Å². The lowest BCUT2D eigenvalue weighted by Crippen LogP contribution is -2.45. The van der Waals surface area contributed by atoms with E-state index in [1.165, 1.54) is 0 Å². The number of benzene rings is 2. The van der Waals surface area contributed by atoms with Crippen molar-refractivity contribution in [2.75, 3.05) is 17.1 Å². The van der Waals surface area contributed by atoms with Crippen LogP contribution in [0.25, 0.3) is 0 Å². The molecule has 2 aromatic carbocycles. The predicted octanol–water partition coefficient (Wildman–Crippen LogP) is 3.48. The van der Waals surface area contributed by atoms with Gasteiger partial charge in [0, 0.05) is 15.6 Å². The van der Waals surface area contributed by atoms with Crippen molar-refractivity contribution in [1.82, 2.24) is 5.32 Å². The van der Waals surface area contributed by atoms with Crippen LogP contribution in [0.1, 0.15) is 31.9 Å². The van der Waals surface area contributed by atoms with Crippen molar-refractivity contribution in [3.05, 3.63) is 57.7 Å². The molecule has 3 rings (SSSR count). The Hall–Kier alpha value is -1.81. The van der Waals surface area contributed by atoms with Gasteiger partial charge >= 0.3 is 0 Å². The minimum absolute atomic E-state index is 0.245. The van der Waals surface area contributed by atoms with Gasteiger partial charge in [-0.1, -0.05) is 18.2 Å². The molecule has 0 fully saturated rings. The van der Waals surface area contributed by atoms with Crippen molar-refractivity contribution in [1.29, 1.82) is 0 Å². The number of rotatable bonds is 5. The number of fused-ring (bicyclic) bond motifs is 1. The molecule has 0 bridgehead atoms. The van der Waals surface area contributed by atoms with Gasteiger partial charge in [0.05, 0.1) is 18.0 Å². The number of para-hydroxylation sites is 1. The summed E-state index contributed by atoms with van der Waals surface area (Å²) in [6.07, 6.45) is 1.70. The smallest absolute Gasteiger partial charge is 0.241 e. The zero-order chi connectivity index (χ0) is 20.5. The fraction of sp³-hybridized carbons (Fsp3) is 0.350. The number of hydrogen-bond acceptors (Lipinski definition) is 4. The third-order valence-corrected chi connectivity index (χ3v) is 6.37. The Morgan fingerprint density at radius 1 is 1.21 bits per heavy atom. The number of ether oxygens (including phenoxy) is 1. The highest BCUT2D eigenvalue weighted by Crippen LogP contribution is 2.39. The highest BCUT2D eigenvalue weighted by molar-refractivity contribution is 14.1. The van der Waals surface area contributed by atoms with E-state index in [1.54, 1.807) is 12.1 Å². The maximum Gasteiger partial charge on any atom is 0.241 e. The van der Waals surface area contributed by atoms with E-state index in [2.05, 4.69) is 27.9 Å². The predicted molar refractivity (Wildman–Crippen MR) is 118 cm³/mol. The van der Waals surface area contributed by atoms with Crippen LogP contribution < -0.4 is 14.4 Å². The Kier molecular flexibility index (Phi) is 5.90. The van der Waals surface area contributed by atoms with Gasteiger partial charge in [0.2, 0.25) is 15.9 Å². The van der Waals surface area contributed by atoms with E-state index < -0.39 is 15.6 Å². The zero-order valence-corrected chi connectivity index (χ0v) is 19.0. The lowest BCUT2D eigenvalue weighted by molar-refractivity contribution is -0.120. The average Bonchev–Trinajstić information content (AvgIpc) is 2.59. The average molecular weight is 514 g/mol. The number of anilines is 1. The van der Waals surface area contributed by atoms with Crippen LogP contribution in [0.15, 0.2) is 48.5 Å². The van der Waals surface area contributed by atoms with Crippen LogP contribution in [0, 0.1) is 3.57 Å². The molecule has 0 aromatic heterocycles. The van der Waals surface area contributed by atoms with Crippen molar-refractivity contribution >= 4 is 44.2 Å². The summed E-state index contributed by atoms with van der Waals surface area (Å²) in [6.45, 7) is 3.66. The first-order chi connectivity index (χ1) is 13.0. The van der Waals surface area contributed by atoms with Crippen molar-refractivity contribution in [3.8, 4) is 5.75 Å². The first kappa shape index (κ1) is 20.9. The van der Waals surface area contributed by atoms with Gasteiger partial charge in [-0.05, 0) is 66.8 Å². The zero-order valence-electron chi connectivity index (χ0n) is 16.0. The highest BCUT2D eigenvalue weighted by atomic mass is 127. The van der Waals surface area contributed by atoms with Gasteiger partial charge in [-0.15, -0.1) is 0 Å². The van der Waals surface area contributed by atoms with Gasteiger partial charge in [-0.3, -0.25) is 9.10 Å². The molecule has 1 N–H and O–H groups in total. The first-order valence-electron chi connectivity index (χ1n) is 8.86. The summed E-state index contributed by atoms with van der Waals surface area (Å²) in [5.41, 5.74) is 0.931. The Balaban J connectivity index is 1.81. The summed E-state index contributed by atoms with van der Waals surface area (Å²) in [4.78, 5) is 12.8. The van der Waals surface area contributed by atoms with Crippen LogP contribution in [-0.2, 0) is 14.8 Å². The Labute approximate surface area is 179 Å². The molecule has 0 saturated heterocycles. The lowest BCUT2D eigenvalue weighted by atomic mass is 9.89. The standard InChI is InChI=1S/C20H23IN2O4S/c1-20(2)12-17(16-6-4-5-7-18(16)27-20)22-19(24)13-23(28(3,25)26)15-10-8-14(21)9-11-15/h4-11,17H,12-13H2,1-3H3,(H,22,24). The van der Waals surface area contributed by atoms with Crippen molar-refractivity contribution in [2.45, 2.75) is 31.9 Å². The number of amides is 1. The minimum Gasteiger partial charge on any atom is -0.487 e. The van der Waals surface area contributed by atoms with Crippen LogP contribution in [0.2, 0.25) is 0 Å². The van der Waals surface area contributed by atoms with E-state index in [0.717, 1.165) is 25.4 Å². The largest absolute Gasteiger partial charge is 0.487 e. The molecule has 0 spiro atoms. The maximum absolute atomic E-state index is 12.8. The van der Waals surface area contributed by atoms with Crippen LogP contribution in [0.5, 0.6) is 5.75 Å². The number of sulfonamides is 1. The second kappa shape index (κ2) is 7.90. The van der Waals surface area contributed by atoms with Gasteiger partial charge in [-0.2, -0.15) is 0 Å². The van der Waals surface area contributed by atoms with E-state index in [4.69, 9.17) is 4.74 Å². The van der Waals surface area contributed by atoms with E-state index in [1.807, 2.05) is 50.2 Å². The van der Waals surface area contributed by atoms with Gasteiger partial charge in [0.25, 0.3) is 0 Å². The second-order valence-electron chi connectivity index (χ2n) is 7.47. The second-order valence-corrected chi connectivity index (χ2v) is 10.6. The maximum atomic E-state index is 12.8. The Bertz CT molecular complexity index is 974. The van der Waals surface area contributed by atoms with Gasteiger partial charge < -0.3 is 10.1 Å². The summed E-state index contributed by atoms with van der Waals surface area (Å²) in [7, 11) is -3.60. The molecule has 1 aliphatic rings. The van der Waals surface area contributed by atoms with E-state index in [9.17, 15) is 13.2 Å². The van der Waals surface area contributed by atoms with Crippen molar-refractivity contribution in [2.24, 2.45) is 0 Å². The van der Waals surface area contributed by atoms with E-state index in [-0.39, 0.29) is 18.5 Å². The van der Waals surface area contributed by atoms with Crippen LogP contribution in [-0.4, -0.2) is 32.7 Å². The third kappa shape index (κ3) is 4.96. The fourth-order valence-electron chi connectivity index (χ4n) is 3.31. The summed E-state index contributed by atoms with van der Waals surface area (Å²) in [5.74, 6) is 0.378. The number of nitrogens with one attached hydrogen (secondary N) is 1. The summed E-state index contributed by atoms with van der Waals surface area (Å²) >= 11 is 2.15. The molecule has 0 aliphatic carbocycles. The molecule has 2 aromatic rings. The summed E-state index contributed by atoms with van der Waals surface area (Å²) in [6, 6.07) is 14.4. The van der Waals surface area contributed by atoms with Crippen molar-refractivity contribution in [3.63, 3.8) is 0 Å². The van der Waals surface area contributed by atoms with Crippen LogP contribution in [0.3, 0.4) is 0 Å². The quantitative estimate of drug-likeness (QED) is 0.621. The number of carbonyl (C=O) groups is 1. The molecule has 1 amide bonds. The normalized spacial score (nSPS) is 17.9. The third-order valence-electron chi connectivity index (χ3n) is 4.51. The van der Waals surface area contributed by atoms with Gasteiger partial charge in [-0.25, -0.2) is 8.42 Å². The Morgan fingerprint density at radius 2 is 1.86 bits per heavy atom. The molecule has 0 saturated carbocycles. The fourth-order valence-corrected chi connectivity index (χ4v) is 4.52. The molecule has 150 valence electrons. The molecule has 1 atom stereocenters. The van der Waals surface area contributed by atoms with E-state index in [0.29, 0.717) is 12.1 Å². The highest BCUT2D eigenvalue weighted by Gasteiger charge is 2.34. The topological polar surface area (TPSA) is 75.7 Å². The molecular weight excluding hydrogens is 491 g/mol. The molecule has 1 heterocycles. The molecule has 1 aliphatic heterocycles. The number of carbonyl (C=O) groups excluding carboxylic acids is 1. The molecule has 1 unspecified atom stereocenters. The monoisotopic (exact) mass is 514 g/mol. The number of nitrogens with zero attached hydrogens (tertiary/aromatic N) is 1. The number of halogens is 1. The lowest BCUT2D eigenvalue weighted by Gasteiger charge is -2.38. The number of hydrogen-bond donors (Lipinski definition) is 1. The Morgan fingerprint density at radius 3 is 2.50 bits per heavy atom. The minimum atomic E-state index is -3.60. The van der Waals surface area contributed by atoms with E-state index >= 15 is 0 Å². The van der Waals surface area contributed by atoms with Crippen molar-refractivity contribution < 1.29 is 17.9 Å². The molecule has 28 heavy (non-hydrogen) atoms. The molecule has 8 heteroatoms. The van der Waals surface area contributed by atoms with Gasteiger partial charge in [0.1, 0.15) is 17.9 Å². The SMILES string of the molecule is CC1(C)CC(NC(=O)CN(c2ccc(I)cc2)S(C)(=O)=O)c2ccccc2O1. The van der Waals surface area contributed by atoms with Gasteiger partial charge in [0.15, 0.2) is 0 Å². The van der Waals surface area contributed by atoms with Crippen LogP contribution in [0.4, 0.5) is 5.69 Å². The first-order valence-corrected chi connectivity index (χ1v) is 11.8.